The summed E-state index contributed by atoms with van der Waals surface area (Å²) in [7, 11) is 0. The Hall–Kier alpha value is -2.38. The number of aromatic amines is 1. The lowest BCUT2D eigenvalue weighted by molar-refractivity contribution is -0.139. The quantitative estimate of drug-likeness (QED) is 0.672. The Balaban J connectivity index is 2.07. The number of aliphatic carboxylic acids is 1. The van der Waals surface area contributed by atoms with Crippen molar-refractivity contribution >= 4 is 11.9 Å². The maximum atomic E-state index is 12.0. The van der Waals surface area contributed by atoms with Crippen molar-refractivity contribution < 1.29 is 14.7 Å². The molecule has 8 heteroatoms. The van der Waals surface area contributed by atoms with Gasteiger partial charge in [0.25, 0.3) is 5.56 Å². The number of carbonyl (C=O) groups excluding carboxylic acids is 1. The van der Waals surface area contributed by atoms with Crippen molar-refractivity contribution in [1.82, 2.24) is 14.9 Å². The molecule has 3 N–H and O–H groups in total. The van der Waals surface area contributed by atoms with Crippen LogP contribution in [0.3, 0.4) is 0 Å². The van der Waals surface area contributed by atoms with E-state index in [1.165, 1.54) is 6.20 Å². The second-order valence-corrected chi connectivity index (χ2v) is 5.34. The van der Waals surface area contributed by atoms with Crippen LogP contribution in [-0.2, 0) is 16.1 Å². The summed E-state index contributed by atoms with van der Waals surface area (Å²) in [4.78, 5) is 47.5. The van der Waals surface area contributed by atoms with Gasteiger partial charge in [-0.1, -0.05) is 12.8 Å². The standard InChI is InChI=1S/C13H17N3O5/c17-9-3-6-16(12(21)14-9)8-10(18)15-13(7-11(19)20)4-1-2-5-13/h3,6H,1-2,4-5,7-8H2,(H,15,18)(H,19,20)(H,14,17,21). The van der Waals surface area contributed by atoms with E-state index in [-0.39, 0.29) is 13.0 Å². The van der Waals surface area contributed by atoms with Gasteiger partial charge in [0.15, 0.2) is 0 Å². The number of carbonyl (C=O) groups is 2. The van der Waals surface area contributed by atoms with Gasteiger partial charge in [-0.3, -0.25) is 23.9 Å². The van der Waals surface area contributed by atoms with E-state index in [0.29, 0.717) is 12.8 Å². The largest absolute Gasteiger partial charge is 0.481 e. The molecule has 21 heavy (non-hydrogen) atoms. The molecule has 0 radical (unpaired) electrons. The molecule has 114 valence electrons. The Morgan fingerprint density at radius 3 is 2.57 bits per heavy atom. The fourth-order valence-electron chi connectivity index (χ4n) is 2.75. The van der Waals surface area contributed by atoms with Crippen molar-refractivity contribution in [1.29, 1.82) is 0 Å². The molecule has 1 aromatic heterocycles. The molecule has 0 saturated heterocycles. The lowest BCUT2D eigenvalue weighted by atomic mass is 9.93. The molecule has 8 nitrogen and oxygen atoms in total. The third-order valence-corrected chi connectivity index (χ3v) is 3.67. The van der Waals surface area contributed by atoms with Gasteiger partial charge >= 0.3 is 11.7 Å². The van der Waals surface area contributed by atoms with E-state index in [1.54, 1.807) is 0 Å². The number of nitrogens with zero attached hydrogens (tertiary/aromatic N) is 1. The Bertz CT molecular complexity index is 654. The number of H-pyrrole nitrogens is 1. The number of carboxylic acid groups (broad SMARTS) is 1. The van der Waals surface area contributed by atoms with E-state index in [2.05, 4.69) is 10.3 Å². The molecule has 0 atom stereocenters. The lowest BCUT2D eigenvalue weighted by Crippen LogP contribution is -2.49. The highest BCUT2D eigenvalue weighted by atomic mass is 16.4. The van der Waals surface area contributed by atoms with Crippen molar-refractivity contribution in [3.63, 3.8) is 0 Å². The van der Waals surface area contributed by atoms with Gasteiger partial charge in [-0.05, 0) is 12.8 Å². The summed E-state index contributed by atoms with van der Waals surface area (Å²) in [5.74, 6) is -1.40. The van der Waals surface area contributed by atoms with Gasteiger partial charge in [0.05, 0.1) is 12.0 Å². The van der Waals surface area contributed by atoms with Gasteiger partial charge in [0, 0.05) is 12.3 Å². The first-order valence-electron chi connectivity index (χ1n) is 6.73. The molecule has 0 aliphatic heterocycles. The highest BCUT2D eigenvalue weighted by molar-refractivity contribution is 5.78. The minimum atomic E-state index is -0.960. The lowest BCUT2D eigenvalue weighted by Gasteiger charge is -2.28. The highest BCUT2D eigenvalue weighted by Crippen LogP contribution is 2.32. The molecule has 0 aromatic carbocycles. The van der Waals surface area contributed by atoms with Crippen LogP contribution >= 0.6 is 0 Å². The van der Waals surface area contributed by atoms with Crippen LogP contribution in [-0.4, -0.2) is 32.1 Å². The second-order valence-electron chi connectivity index (χ2n) is 5.34. The third kappa shape index (κ3) is 3.80. The monoisotopic (exact) mass is 295 g/mol. The first kappa shape index (κ1) is 15.0. The number of hydrogen-bond donors (Lipinski definition) is 3. The summed E-state index contributed by atoms with van der Waals surface area (Å²) in [5.41, 5.74) is -1.93. The first-order chi connectivity index (χ1) is 9.90. The molecule has 1 aromatic rings. The Labute approximate surface area is 119 Å². The van der Waals surface area contributed by atoms with E-state index >= 15 is 0 Å². The van der Waals surface area contributed by atoms with Gasteiger partial charge in [0.1, 0.15) is 6.54 Å². The summed E-state index contributed by atoms with van der Waals surface area (Å²) in [6.07, 6.45) is 4.08. The van der Waals surface area contributed by atoms with Crippen LogP contribution in [0.25, 0.3) is 0 Å². The molecule has 0 bridgehead atoms. The molecule has 0 spiro atoms. The van der Waals surface area contributed by atoms with Crippen molar-refractivity contribution in [3.05, 3.63) is 33.1 Å². The zero-order chi connectivity index (χ0) is 15.5. The molecule has 1 saturated carbocycles. The number of nitrogens with one attached hydrogen (secondary N) is 2. The molecule has 2 rings (SSSR count). The summed E-state index contributed by atoms with van der Waals surface area (Å²) in [6.45, 7) is -0.253. The average molecular weight is 295 g/mol. The van der Waals surface area contributed by atoms with E-state index in [4.69, 9.17) is 5.11 Å². The molecular formula is C13H17N3O5. The van der Waals surface area contributed by atoms with E-state index in [9.17, 15) is 19.2 Å². The van der Waals surface area contributed by atoms with Gasteiger partial charge in [-0.2, -0.15) is 0 Å². The van der Waals surface area contributed by atoms with Crippen molar-refractivity contribution in [3.8, 4) is 0 Å². The van der Waals surface area contributed by atoms with Gasteiger partial charge < -0.3 is 10.4 Å². The smallest absolute Gasteiger partial charge is 0.328 e. The second kappa shape index (κ2) is 5.94. The number of rotatable bonds is 5. The molecule has 0 unspecified atom stereocenters. The summed E-state index contributed by atoms with van der Waals surface area (Å²) >= 11 is 0. The normalized spacial score (nSPS) is 16.6. The van der Waals surface area contributed by atoms with E-state index in [0.717, 1.165) is 23.5 Å². The molecular weight excluding hydrogens is 278 g/mol. The maximum Gasteiger partial charge on any atom is 0.328 e. The van der Waals surface area contributed by atoms with Crippen LogP contribution in [0.5, 0.6) is 0 Å². The SMILES string of the molecule is O=C(O)CC1(NC(=O)Cn2ccc(=O)[nH]c2=O)CCCC1. The topological polar surface area (TPSA) is 121 Å². The van der Waals surface area contributed by atoms with Crippen LogP contribution < -0.4 is 16.6 Å². The predicted molar refractivity (Wildman–Crippen MR) is 72.9 cm³/mol. The fourth-order valence-corrected chi connectivity index (χ4v) is 2.75. The molecule has 1 fully saturated rings. The molecule has 1 aliphatic carbocycles. The van der Waals surface area contributed by atoms with Crippen molar-refractivity contribution in [2.45, 2.75) is 44.2 Å². The van der Waals surface area contributed by atoms with Crippen LogP contribution in [0.1, 0.15) is 32.1 Å². The molecule has 1 heterocycles. The number of aromatic nitrogens is 2. The highest BCUT2D eigenvalue weighted by Gasteiger charge is 2.37. The van der Waals surface area contributed by atoms with E-state index < -0.39 is 28.7 Å². The number of carboxylic acids is 1. The summed E-state index contributed by atoms with van der Waals surface area (Å²) in [6, 6.07) is 1.15. The molecule has 1 amide bonds. The van der Waals surface area contributed by atoms with Crippen molar-refractivity contribution in [2.75, 3.05) is 0 Å². The Morgan fingerprint density at radius 1 is 1.33 bits per heavy atom. The van der Waals surface area contributed by atoms with Crippen LogP contribution in [0, 0.1) is 0 Å². The van der Waals surface area contributed by atoms with Gasteiger partial charge in [-0.25, -0.2) is 4.79 Å². The van der Waals surface area contributed by atoms with Gasteiger partial charge in [0.2, 0.25) is 5.91 Å². The summed E-state index contributed by atoms with van der Waals surface area (Å²) in [5, 5.41) is 11.7. The predicted octanol–water partition coefficient (Wildman–Crippen LogP) is -0.560. The van der Waals surface area contributed by atoms with Crippen LogP contribution in [0.15, 0.2) is 21.9 Å². The maximum absolute atomic E-state index is 12.0. The molecule has 1 aliphatic rings. The van der Waals surface area contributed by atoms with Crippen molar-refractivity contribution in [2.24, 2.45) is 0 Å². The number of amides is 1. The minimum Gasteiger partial charge on any atom is -0.481 e. The zero-order valence-electron chi connectivity index (χ0n) is 11.4. The number of hydrogen-bond acceptors (Lipinski definition) is 4. The Kier molecular flexibility index (Phi) is 4.25. The van der Waals surface area contributed by atoms with Crippen LogP contribution in [0.2, 0.25) is 0 Å². The minimum absolute atomic E-state index is 0.126. The first-order valence-corrected chi connectivity index (χ1v) is 6.73. The zero-order valence-corrected chi connectivity index (χ0v) is 11.4. The average Bonchev–Trinajstić information content (AvgIpc) is 2.80. The van der Waals surface area contributed by atoms with Crippen LogP contribution in [0.4, 0.5) is 0 Å². The Morgan fingerprint density at radius 2 is 2.00 bits per heavy atom. The summed E-state index contributed by atoms with van der Waals surface area (Å²) < 4.78 is 1.07. The van der Waals surface area contributed by atoms with E-state index in [1.807, 2.05) is 0 Å². The fraction of sp³-hybridized carbons (Fsp3) is 0.538. The third-order valence-electron chi connectivity index (χ3n) is 3.67. The van der Waals surface area contributed by atoms with Gasteiger partial charge in [-0.15, -0.1) is 0 Å².